The van der Waals surface area contributed by atoms with Crippen LogP contribution in [0.4, 0.5) is 0 Å². The van der Waals surface area contributed by atoms with Gasteiger partial charge in [0.15, 0.2) is 0 Å². The van der Waals surface area contributed by atoms with E-state index in [1.165, 1.54) is 116 Å². The van der Waals surface area contributed by atoms with Gasteiger partial charge in [0.1, 0.15) is 12.2 Å². The lowest BCUT2D eigenvalue weighted by molar-refractivity contribution is -0.152. The van der Waals surface area contributed by atoms with Gasteiger partial charge >= 0.3 is 23.9 Å². The van der Waals surface area contributed by atoms with Gasteiger partial charge in [-0.05, 0) is 39.5 Å². The number of hydrogen-bond donors (Lipinski definition) is 2. The fraction of sp³-hybridized carbons (Fsp3) is 0.826. The average Bonchev–Trinajstić information content (AvgIpc) is 3.17. The van der Waals surface area contributed by atoms with Gasteiger partial charge in [0.25, 0.3) is 0 Å². The zero-order chi connectivity index (χ0) is 42.3. The van der Waals surface area contributed by atoms with Crippen molar-refractivity contribution in [3.63, 3.8) is 0 Å². The van der Waals surface area contributed by atoms with Gasteiger partial charge in [-0.25, -0.2) is 9.59 Å². The highest BCUT2D eigenvalue weighted by molar-refractivity contribution is 5.79. The van der Waals surface area contributed by atoms with E-state index in [-0.39, 0.29) is 24.1 Å². The molecule has 0 saturated heterocycles. The number of hydrogen-bond acceptors (Lipinski definition) is 8. The van der Waals surface area contributed by atoms with Crippen LogP contribution in [0, 0.1) is 0 Å². The van der Waals surface area contributed by atoms with E-state index in [1.54, 1.807) is 0 Å². The predicted molar refractivity (Wildman–Crippen MR) is 229 cm³/mol. The molecule has 0 amide bonds. The number of carbonyl (C=O) groups excluding carboxylic acids is 2. The van der Waals surface area contributed by atoms with Crippen LogP contribution in [-0.4, -0.2) is 72.7 Å². The summed E-state index contributed by atoms with van der Waals surface area (Å²) in [5.74, 6) is -2.16. The van der Waals surface area contributed by atoms with E-state index in [9.17, 15) is 19.2 Å². The molecular formula is C46H86O10. The van der Waals surface area contributed by atoms with E-state index in [2.05, 4.69) is 27.0 Å². The van der Waals surface area contributed by atoms with Crippen molar-refractivity contribution in [3.05, 3.63) is 25.3 Å². The van der Waals surface area contributed by atoms with Crippen molar-refractivity contribution in [3.8, 4) is 0 Å². The van der Waals surface area contributed by atoms with Gasteiger partial charge in [0.2, 0.25) is 0 Å². The SMILES string of the molecule is C=CC(=O)O.C=CC(=O)O.CCCCCCCCCCCCCC(=O)OC(C)COCCCCCCOCC(C)OC(=O)CCCCCCCCCCCCC. The van der Waals surface area contributed by atoms with Crippen molar-refractivity contribution in [1.82, 2.24) is 0 Å². The molecule has 0 aliphatic carbocycles. The summed E-state index contributed by atoms with van der Waals surface area (Å²) in [5, 5.41) is 15.2. The van der Waals surface area contributed by atoms with Gasteiger partial charge in [-0.1, -0.05) is 168 Å². The average molecular weight is 799 g/mol. The number of carboxylic acid groups (broad SMARTS) is 2. The van der Waals surface area contributed by atoms with Crippen LogP contribution in [-0.2, 0) is 38.1 Å². The van der Waals surface area contributed by atoms with Crippen LogP contribution in [0.15, 0.2) is 25.3 Å². The van der Waals surface area contributed by atoms with Crippen LogP contribution in [0.3, 0.4) is 0 Å². The lowest BCUT2D eigenvalue weighted by Gasteiger charge is -2.14. The number of carboxylic acids is 2. The second kappa shape index (κ2) is 48.4. The molecular weight excluding hydrogens is 712 g/mol. The minimum Gasteiger partial charge on any atom is -0.478 e. The van der Waals surface area contributed by atoms with Crippen LogP contribution in [0.25, 0.3) is 0 Å². The second-order valence-electron chi connectivity index (χ2n) is 14.8. The van der Waals surface area contributed by atoms with Crippen LogP contribution in [0.2, 0.25) is 0 Å². The van der Waals surface area contributed by atoms with E-state index >= 15 is 0 Å². The summed E-state index contributed by atoms with van der Waals surface area (Å²) in [5.41, 5.74) is 0. The van der Waals surface area contributed by atoms with Crippen molar-refractivity contribution in [2.45, 2.75) is 220 Å². The first-order valence-electron chi connectivity index (χ1n) is 22.3. The zero-order valence-electron chi connectivity index (χ0n) is 36.5. The Labute approximate surface area is 342 Å². The third kappa shape index (κ3) is 55.6. The van der Waals surface area contributed by atoms with Crippen LogP contribution < -0.4 is 0 Å². The van der Waals surface area contributed by atoms with Gasteiger partial charge in [-0.3, -0.25) is 9.59 Å². The molecule has 0 aromatic rings. The standard InChI is InChI=1S/C40H78O6.2C3H4O2/c1-5-7-9-11-13-15-17-19-21-23-27-31-39(41)45-37(3)35-43-33-29-25-26-30-34-44-36-38(4)46-40(42)32-28-24-22-20-18-16-14-12-10-8-6-2;2*1-2-3(4)5/h37-38H,5-36H2,1-4H3;2*2H,1H2,(H,4,5). The minimum atomic E-state index is -0.981. The summed E-state index contributed by atoms with van der Waals surface area (Å²) < 4.78 is 22.4. The van der Waals surface area contributed by atoms with Crippen LogP contribution >= 0.6 is 0 Å². The Balaban J connectivity index is -0.00000247. The quantitative estimate of drug-likeness (QED) is 0.0350. The van der Waals surface area contributed by atoms with Crippen LogP contribution in [0.5, 0.6) is 0 Å². The van der Waals surface area contributed by atoms with Gasteiger partial charge in [0, 0.05) is 38.2 Å². The summed E-state index contributed by atoms with van der Waals surface area (Å²) in [6.45, 7) is 16.6. The van der Waals surface area contributed by atoms with Crippen molar-refractivity contribution in [2.24, 2.45) is 0 Å². The molecule has 0 spiro atoms. The molecule has 2 unspecified atom stereocenters. The van der Waals surface area contributed by atoms with Gasteiger partial charge in [-0.15, -0.1) is 0 Å². The third-order valence-electron chi connectivity index (χ3n) is 9.02. The first-order chi connectivity index (χ1) is 27.0. The first kappa shape index (κ1) is 57.6. The molecule has 0 radical (unpaired) electrons. The Bertz CT molecular complexity index is 834. The van der Waals surface area contributed by atoms with E-state index in [4.69, 9.17) is 29.2 Å². The molecule has 2 atom stereocenters. The zero-order valence-corrected chi connectivity index (χ0v) is 36.5. The van der Waals surface area contributed by atoms with Gasteiger partial charge in [0.05, 0.1) is 13.2 Å². The topological polar surface area (TPSA) is 146 Å². The Kier molecular flexibility index (Phi) is 49.8. The van der Waals surface area contributed by atoms with Crippen molar-refractivity contribution < 1.29 is 48.3 Å². The fourth-order valence-corrected chi connectivity index (χ4v) is 5.76. The minimum absolute atomic E-state index is 0.0968. The van der Waals surface area contributed by atoms with Crippen molar-refractivity contribution in [1.29, 1.82) is 0 Å². The lowest BCUT2D eigenvalue weighted by Crippen LogP contribution is -2.20. The highest BCUT2D eigenvalue weighted by Crippen LogP contribution is 2.14. The van der Waals surface area contributed by atoms with E-state index in [0.29, 0.717) is 39.3 Å². The number of aliphatic carboxylic acids is 2. The lowest BCUT2D eigenvalue weighted by atomic mass is 10.1. The maximum atomic E-state index is 12.1. The monoisotopic (exact) mass is 799 g/mol. The summed E-state index contributed by atoms with van der Waals surface area (Å²) in [6.07, 6.45) is 34.6. The highest BCUT2D eigenvalue weighted by atomic mass is 16.6. The largest absolute Gasteiger partial charge is 0.478 e. The smallest absolute Gasteiger partial charge is 0.327 e. The Hall–Kier alpha value is -2.72. The van der Waals surface area contributed by atoms with E-state index in [0.717, 1.165) is 63.5 Å². The summed E-state index contributed by atoms with van der Waals surface area (Å²) in [7, 11) is 0. The normalized spacial score (nSPS) is 11.6. The molecule has 2 N–H and O–H groups in total. The number of unbranched alkanes of at least 4 members (excludes halogenated alkanes) is 23. The Morgan fingerprint density at radius 1 is 0.446 bits per heavy atom. The molecule has 0 aliphatic heterocycles. The second-order valence-corrected chi connectivity index (χ2v) is 14.8. The molecule has 0 aliphatic rings. The maximum Gasteiger partial charge on any atom is 0.327 e. The van der Waals surface area contributed by atoms with Crippen LogP contribution in [0.1, 0.15) is 207 Å². The summed E-state index contributed by atoms with van der Waals surface area (Å²) in [6, 6.07) is 0. The first-order valence-corrected chi connectivity index (χ1v) is 22.3. The molecule has 0 bridgehead atoms. The van der Waals surface area contributed by atoms with Gasteiger partial charge < -0.3 is 29.2 Å². The molecule has 56 heavy (non-hydrogen) atoms. The van der Waals surface area contributed by atoms with Gasteiger partial charge in [-0.2, -0.15) is 0 Å². The highest BCUT2D eigenvalue weighted by Gasteiger charge is 2.11. The number of rotatable bonds is 39. The molecule has 0 rings (SSSR count). The predicted octanol–water partition coefficient (Wildman–Crippen LogP) is 12.4. The number of esters is 2. The molecule has 10 heteroatoms. The fourth-order valence-electron chi connectivity index (χ4n) is 5.76. The molecule has 330 valence electrons. The summed E-state index contributed by atoms with van der Waals surface area (Å²) in [4.78, 5) is 42.6. The van der Waals surface area contributed by atoms with E-state index in [1.807, 2.05) is 13.8 Å². The van der Waals surface area contributed by atoms with E-state index < -0.39 is 11.9 Å². The molecule has 0 heterocycles. The number of ether oxygens (including phenoxy) is 4. The third-order valence-corrected chi connectivity index (χ3v) is 9.02. The molecule has 0 saturated carbocycles. The maximum absolute atomic E-state index is 12.1. The Morgan fingerprint density at radius 2 is 0.679 bits per heavy atom. The summed E-state index contributed by atoms with van der Waals surface area (Å²) >= 11 is 0. The molecule has 0 aromatic carbocycles. The van der Waals surface area contributed by atoms with Crippen molar-refractivity contribution in [2.75, 3.05) is 26.4 Å². The molecule has 10 nitrogen and oxygen atoms in total. The van der Waals surface area contributed by atoms with Crippen molar-refractivity contribution >= 4 is 23.9 Å². The number of carbonyl (C=O) groups is 4. The molecule has 0 fully saturated rings. The molecule has 0 aromatic heterocycles. The Morgan fingerprint density at radius 3 is 0.929 bits per heavy atom.